The third-order valence-corrected chi connectivity index (χ3v) is 7.11. The lowest BCUT2D eigenvalue weighted by molar-refractivity contribution is -0.123. The number of hydrogen-bond donors (Lipinski definition) is 3. The van der Waals surface area contributed by atoms with Gasteiger partial charge in [-0.2, -0.15) is 0 Å². The van der Waals surface area contributed by atoms with Crippen LogP contribution in [0.5, 0.6) is 5.75 Å². The second-order valence-corrected chi connectivity index (χ2v) is 11.1. The molecule has 1 fully saturated rings. The van der Waals surface area contributed by atoms with Crippen LogP contribution in [0.25, 0.3) is 0 Å². The minimum atomic E-state index is -1.05. The van der Waals surface area contributed by atoms with Crippen molar-refractivity contribution < 1.29 is 42.9 Å². The largest absolute Gasteiger partial charge is 0.483 e. The normalized spacial score (nSPS) is 14.5. The van der Waals surface area contributed by atoms with Crippen LogP contribution in [0.2, 0.25) is 0 Å². The van der Waals surface area contributed by atoms with E-state index in [0.717, 1.165) is 11.3 Å². The van der Waals surface area contributed by atoms with E-state index in [1.165, 1.54) is 63.1 Å². The van der Waals surface area contributed by atoms with Gasteiger partial charge in [-0.3, -0.25) is 19.3 Å². The van der Waals surface area contributed by atoms with E-state index in [1.807, 2.05) is 14.1 Å². The molecule has 13 nitrogen and oxygen atoms in total. The van der Waals surface area contributed by atoms with Gasteiger partial charge in [0.2, 0.25) is 0 Å². The van der Waals surface area contributed by atoms with Crippen LogP contribution < -0.4 is 21.1 Å². The first-order chi connectivity index (χ1) is 23.0. The Hall–Kier alpha value is -3.23. The maximum absolute atomic E-state index is 12.9. The summed E-state index contributed by atoms with van der Waals surface area (Å²) in [6.45, 7) is 3.58. The Balaban J connectivity index is 0.000000945. The summed E-state index contributed by atoms with van der Waals surface area (Å²) in [5, 5.41) is 5.44. The molecule has 1 aromatic carbocycles. The van der Waals surface area contributed by atoms with E-state index in [2.05, 4.69) is 10.6 Å². The number of rotatable bonds is 21. The summed E-state index contributed by atoms with van der Waals surface area (Å²) in [5.74, 6) is -1.67. The molecule has 1 aromatic rings. The van der Waals surface area contributed by atoms with Gasteiger partial charge in [-0.25, -0.2) is 0 Å². The van der Waals surface area contributed by atoms with Gasteiger partial charge in [0.1, 0.15) is 18.3 Å². The summed E-state index contributed by atoms with van der Waals surface area (Å²) in [6, 6.07) is 3.40. The molecule has 13 heteroatoms. The van der Waals surface area contributed by atoms with Gasteiger partial charge in [0.25, 0.3) is 17.7 Å². The van der Waals surface area contributed by atoms with E-state index in [1.54, 1.807) is 0 Å². The highest BCUT2D eigenvalue weighted by Gasteiger charge is 2.41. The molecule has 1 aliphatic heterocycles. The molecule has 1 aliphatic carbocycles. The number of aldehydes is 2. The van der Waals surface area contributed by atoms with Gasteiger partial charge < -0.3 is 44.9 Å². The molecule has 1 heterocycles. The summed E-state index contributed by atoms with van der Waals surface area (Å²) in [7, 11) is 3.75. The summed E-state index contributed by atoms with van der Waals surface area (Å²) < 4.78 is 21.6. The van der Waals surface area contributed by atoms with Gasteiger partial charge >= 0.3 is 0 Å². The smallest absolute Gasteiger partial charge is 0.265 e. The van der Waals surface area contributed by atoms with Gasteiger partial charge in [-0.15, -0.1) is 0 Å². The van der Waals surface area contributed by atoms with Crippen molar-refractivity contribution in [2.45, 2.75) is 76.7 Å². The highest BCUT2D eigenvalue weighted by Crippen LogP contribution is 2.32. The monoisotopic (exact) mass is 664 g/mol. The Morgan fingerprint density at radius 1 is 0.872 bits per heavy atom. The lowest BCUT2D eigenvalue weighted by atomic mass is 10.1. The molecular weight excluding hydrogens is 608 g/mol. The average molecular weight is 665 g/mol. The SMILES string of the molecule is C1CCCCCC1.CNC.NCCCOCCOCCOCCCNC(=O)COc1cccc2c1C(=O)N(C(C=O)CCC=O)C2=O. The van der Waals surface area contributed by atoms with Crippen LogP contribution in [0.4, 0.5) is 0 Å². The van der Waals surface area contributed by atoms with E-state index < -0.39 is 23.8 Å². The molecule has 0 spiro atoms. The van der Waals surface area contributed by atoms with Gasteiger partial charge in [-0.05, 0) is 52.0 Å². The van der Waals surface area contributed by atoms with Crippen molar-refractivity contribution in [2.75, 3.05) is 73.4 Å². The molecule has 4 N–H and O–H groups in total. The highest BCUT2D eigenvalue weighted by molar-refractivity contribution is 6.23. The number of hydrogen-bond acceptors (Lipinski definition) is 11. The van der Waals surface area contributed by atoms with Crippen LogP contribution in [0.3, 0.4) is 0 Å². The van der Waals surface area contributed by atoms with Crippen LogP contribution in [0.15, 0.2) is 18.2 Å². The van der Waals surface area contributed by atoms with E-state index in [-0.39, 0.29) is 36.3 Å². The number of amides is 3. The molecule has 0 aromatic heterocycles. The number of nitrogens with zero attached hydrogens (tertiary/aromatic N) is 1. The van der Waals surface area contributed by atoms with E-state index >= 15 is 0 Å². The van der Waals surface area contributed by atoms with E-state index in [9.17, 15) is 24.0 Å². The summed E-state index contributed by atoms with van der Waals surface area (Å²) in [6.07, 6.45) is 13.1. The Morgan fingerprint density at radius 2 is 1.43 bits per heavy atom. The van der Waals surface area contributed by atoms with Gasteiger partial charge in [0.15, 0.2) is 6.61 Å². The summed E-state index contributed by atoms with van der Waals surface area (Å²) >= 11 is 0. The fourth-order valence-corrected chi connectivity index (χ4v) is 4.75. The predicted molar refractivity (Wildman–Crippen MR) is 179 cm³/mol. The standard InChI is InChI=1S/C25H35N3O9.C7H14.C2H7N/c26-8-3-11-34-13-15-36-16-14-35-12-4-9-27-22(31)18-37-21-7-1-6-20-23(21)25(33)28(24(20)32)19(17-30)5-2-10-29;1-2-4-6-7-5-3-1;1-3-2/h1,6-7,10,17,19H,2-5,8-9,11-16,18,26H2,(H,27,31);1-7H2;3H,1-2H3. The topological polar surface area (TPSA) is 176 Å². The fraction of sp³-hybridized carbons (Fsp3) is 0.676. The fourth-order valence-electron chi connectivity index (χ4n) is 4.75. The zero-order chi connectivity index (χ0) is 34.5. The highest BCUT2D eigenvalue weighted by atomic mass is 16.5. The lowest BCUT2D eigenvalue weighted by Crippen LogP contribution is -2.41. The zero-order valence-corrected chi connectivity index (χ0v) is 28.3. The number of carbonyl (C=O) groups is 5. The number of fused-ring (bicyclic) bond motifs is 1. The molecule has 0 radical (unpaired) electrons. The van der Waals surface area contributed by atoms with Crippen molar-refractivity contribution in [1.29, 1.82) is 0 Å². The van der Waals surface area contributed by atoms with Gasteiger partial charge in [0.05, 0.1) is 43.6 Å². The Labute approximate surface area is 279 Å². The third kappa shape index (κ3) is 17.5. The van der Waals surface area contributed by atoms with Crippen molar-refractivity contribution >= 4 is 30.3 Å². The molecule has 2 aliphatic rings. The van der Waals surface area contributed by atoms with Crippen LogP contribution in [0.1, 0.15) is 91.3 Å². The van der Waals surface area contributed by atoms with Crippen LogP contribution in [-0.2, 0) is 28.6 Å². The van der Waals surface area contributed by atoms with Crippen molar-refractivity contribution in [1.82, 2.24) is 15.5 Å². The van der Waals surface area contributed by atoms with Crippen LogP contribution >= 0.6 is 0 Å². The first-order valence-corrected chi connectivity index (χ1v) is 16.8. The maximum atomic E-state index is 12.9. The number of ether oxygens (including phenoxy) is 4. The second-order valence-electron chi connectivity index (χ2n) is 11.1. The van der Waals surface area contributed by atoms with Crippen LogP contribution in [0, 0.1) is 0 Å². The maximum Gasteiger partial charge on any atom is 0.265 e. The Morgan fingerprint density at radius 3 is 1.96 bits per heavy atom. The summed E-state index contributed by atoms with van der Waals surface area (Å²) in [4.78, 5) is 60.7. The molecule has 1 unspecified atom stereocenters. The van der Waals surface area contributed by atoms with Gasteiger partial charge in [-0.1, -0.05) is 51.0 Å². The molecule has 1 saturated carbocycles. The lowest BCUT2D eigenvalue weighted by Gasteiger charge is -2.20. The number of nitrogens with one attached hydrogen (secondary N) is 2. The second kappa shape index (κ2) is 27.8. The van der Waals surface area contributed by atoms with Gasteiger partial charge in [0, 0.05) is 26.2 Å². The number of imide groups is 1. The molecule has 266 valence electrons. The molecule has 3 amide bonds. The molecule has 47 heavy (non-hydrogen) atoms. The summed E-state index contributed by atoms with van der Waals surface area (Å²) in [5.41, 5.74) is 5.45. The first-order valence-electron chi connectivity index (χ1n) is 16.8. The number of carbonyl (C=O) groups excluding carboxylic acids is 5. The quantitative estimate of drug-likeness (QED) is 0.0763. The molecule has 1 atom stereocenters. The number of nitrogens with two attached hydrogens (primary N) is 1. The van der Waals surface area contributed by atoms with Crippen LogP contribution in [-0.4, -0.2) is 115 Å². The van der Waals surface area contributed by atoms with E-state index in [4.69, 9.17) is 24.7 Å². The Kier molecular flexibility index (Phi) is 24.8. The molecular formula is C34H56N4O9. The van der Waals surface area contributed by atoms with Crippen molar-refractivity contribution in [2.24, 2.45) is 5.73 Å². The minimum Gasteiger partial charge on any atom is -0.483 e. The van der Waals surface area contributed by atoms with Crippen molar-refractivity contribution in [3.8, 4) is 5.75 Å². The predicted octanol–water partition coefficient (Wildman–Crippen LogP) is 2.68. The molecule has 0 saturated heterocycles. The minimum absolute atomic E-state index is 0.00371. The average Bonchev–Trinajstić information content (AvgIpc) is 3.26. The third-order valence-electron chi connectivity index (χ3n) is 7.11. The van der Waals surface area contributed by atoms with Crippen molar-refractivity contribution in [3.05, 3.63) is 29.3 Å². The first kappa shape index (κ1) is 41.8. The zero-order valence-electron chi connectivity index (χ0n) is 28.3. The molecule has 0 bridgehead atoms. The number of benzene rings is 1. The van der Waals surface area contributed by atoms with E-state index in [0.29, 0.717) is 71.7 Å². The Bertz CT molecular complexity index is 1020. The molecule has 3 rings (SSSR count). The van der Waals surface area contributed by atoms with Crippen molar-refractivity contribution in [3.63, 3.8) is 0 Å².